The number of benzene rings is 2. The van der Waals surface area contributed by atoms with Gasteiger partial charge in [0.25, 0.3) is 0 Å². The third kappa shape index (κ3) is 3.88. The van der Waals surface area contributed by atoms with Crippen LogP contribution in [0.15, 0.2) is 60.7 Å². The Labute approximate surface area is 192 Å². The van der Waals surface area contributed by atoms with Crippen LogP contribution in [0.2, 0.25) is 0 Å². The number of piperidine rings is 2. The van der Waals surface area contributed by atoms with Gasteiger partial charge in [-0.05, 0) is 48.3 Å². The zero-order valence-electron chi connectivity index (χ0n) is 19.5. The van der Waals surface area contributed by atoms with Crippen molar-refractivity contribution in [2.45, 2.75) is 57.8 Å². The van der Waals surface area contributed by atoms with E-state index in [1.165, 1.54) is 24.8 Å². The number of rotatable bonds is 8. The first-order valence-corrected chi connectivity index (χ1v) is 12.4. The van der Waals surface area contributed by atoms with Gasteiger partial charge >= 0.3 is 0 Å². The van der Waals surface area contributed by atoms with Crippen molar-refractivity contribution in [1.82, 2.24) is 15.5 Å². The number of carbonyl (C=O) groups is 1. The fraction of sp³-hybridized carbons (Fsp3) is 0.536. The number of nitrogens with one attached hydrogen (secondary N) is 2. The lowest BCUT2D eigenvalue weighted by atomic mass is 9.58. The first kappa shape index (κ1) is 21.7. The van der Waals surface area contributed by atoms with E-state index in [0.717, 1.165) is 25.2 Å². The highest BCUT2D eigenvalue weighted by Crippen LogP contribution is 2.54. The number of hydrogen-bond donors (Lipinski definition) is 2. The summed E-state index contributed by atoms with van der Waals surface area (Å²) in [6.07, 6.45) is 3.64. The lowest BCUT2D eigenvalue weighted by Crippen LogP contribution is -2.75. The summed E-state index contributed by atoms with van der Waals surface area (Å²) in [4.78, 5) is 16.5. The smallest absolute Gasteiger partial charge is 0.242 e. The second-order valence-corrected chi connectivity index (χ2v) is 10.6. The van der Waals surface area contributed by atoms with Crippen LogP contribution >= 0.6 is 0 Å². The fourth-order valence-electron chi connectivity index (χ4n) is 6.75. The molecule has 4 bridgehead atoms. The van der Waals surface area contributed by atoms with E-state index < -0.39 is 5.54 Å². The highest BCUT2D eigenvalue weighted by Gasteiger charge is 2.67. The molecule has 5 atom stereocenters. The molecule has 1 saturated carbocycles. The molecule has 0 radical (unpaired) electrons. The van der Waals surface area contributed by atoms with Crippen molar-refractivity contribution < 1.29 is 4.79 Å². The molecular formula is C28H37N3O. The van der Waals surface area contributed by atoms with Crippen LogP contribution in [0.25, 0.3) is 0 Å². The van der Waals surface area contributed by atoms with Gasteiger partial charge in [-0.25, -0.2) is 0 Å². The second-order valence-electron chi connectivity index (χ2n) is 10.6. The summed E-state index contributed by atoms with van der Waals surface area (Å²) in [5.74, 6) is 2.57. The molecule has 0 aromatic heterocycles. The van der Waals surface area contributed by atoms with E-state index in [1.54, 1.807) is 0 Å². The Bertz CT molecular complexity index is 915. The van der Waals surface area contributed by atoms with E-state index in [9.17, 15) is 4.79 Å². The van der Waals surface area contributed by atoms with E-state index >= 15 is 0 Å². The fourth-order valence-corrected chi connectivity index (χ4v) is 6.75. The molecule has 3 saturated heterocycles. The number of likely N-dealkylation sites (tertiary alicyclic amines) is 1. The highest BCUT2D eigenvalue weighted by molar-refractivity contribution is 5.89. The van der Waals surface area contributed by atoms with Crippen molar-refractivity contribution >= 4 is 5.91 Å². The van der Waals surface area contributed by atoms with E-state index in [-0.39, 0.29) is 11.9 Å². The van der Waals surface area contributed by atoms with Crippen LogP contribution < -0.4 is 10.6 Å². The van der Waals surface area contributed by atoms with Crippen molar-refractivity contribution in [1.29, 1.82) is 0 Å². The number of nitrogens with zero attached hydrogens (tertiary/aromatic N) is 1. The lowest BCUT2D eigenvalue weighted by Gasteiger charge is -2.56. The van der Waals surface area contributed by atoms with Crippen molar-refractivity contribution in [3.05, 3.63) is 71.8 Å². The summed E-state index contributed by atoms with van der Waals surface area (Å²) in [6, 6.07) is 21.3. The summed E-state index contributed by atoms with van der Waals surface area (Å²) >= 11 is 0. The number of fused-ring (bicyclic) bond motifs is 1. The normalized spacial score (nSPS) is 31.2. The number of amides is 1. The van der Waals surface area contributed by atoms with E-state index in [1.807, 2.05) is 18.2 Å². The van der Waals surface area contributed by atoms with Gasteiger partial charge in [-0.1, -0.05) is 80.9 Å². The molecule has 4 fully saturated rings. The standard InChI is InChI=1S/C28H37N3O/c1-20(2)13-14-25-23-15-24-19-31(18-22-11-7-4-8-12-22)26(25)28(24,30-17-23)27(32)29-16-21-9-5-3-6-10-21/h3-12,20,23-26,30H,13-19H2,1-2H3,(H,29,32)/t23-,24-,25+,26-,28-/m0/s1. The Morgan fingerprint density at radius 3 is 2.47 bits per heavy atom. The third-order valence-corrected chi connectivity index (χ3v) is 8.19. The molecule has 4 aliphatic rings. The topological polar surface area (TPSA) is 44.4 Å². The average molecular weight is 432 g/mol. The van der Waals surface area contributed by atoms with Gasteiger partial charge in [-0.15, -0.1) is 0 Å². The van der Waals surface area contributed by atoms with Crippen molar-refractivity contribution in [3.63, 3.8) is 0 Å². The van der Waals surface area contributed by atoms with Gasteiger partial charge in [0.05, 0.1) is 0 Å². The predicted octanol–water partition coefficient (Wildman–Crippen LogP) is 4.22. The largest absolute Gasteiger partial charge is 0.350 e. The van der Waals surface area contributed by atoms with Gasteiger partial charge in [-0.3, -0.25) is 9.69 Å². The van der Waals surface area contributed by atoms with Crippen LogP contribution in [0, 0.1) is 23.7 Å². The molecular weight excluding hydrogens is 394 g/mol. The monoisotopic (exact) mass is 431 g/mol. The van der Waals surface area contributed by atoms with E-state index in [0.29, 0.717) is 30.2 Å². The maximum Gasteiger partial charge on any atom is 0.242 e. The maximum atomic E-state index is 13.9. The molecule has 1 aliphatic carbocycles. The summed E-state index contributed by atoms with van der Waals surface area (Å²) < 4.78 is 0. The van der Waals surface area contributed by atoms with Crippen LogP contribution in [-0.4, -0.2) is 35.5 Å². The van der Waals surface area contributed by atoms with Gasteiger partial charge in [0.2, 0.25) is 5.91 Å². The van der Waals surface area contributed by atoms with Crippen LogP contribution in [0.4, 0.5) is 0 Å². The SMILES string of the molecule is CC(C)CC[C@@H]1[C@@H]2CN[C@@]3(C(=O)NCc4ccccc4)[C@@H](C2)CN(Cc2ccccc2)[C@@H]13. The molecule has 170 valence electrons. The molecule has 6 rings (SSSR count). The zero-order valence-corrected chi connectivity index (χ0v) is 19.5. The molecule has 2 aromatic carbocycles. The van der Waals surface area contributed by atoms with Crippen LogP contribution in [0.5, 0.6) is 0 Å². The minimum atomic E-state index is -0.458. The average Bonchev–Trinajstić information content (AvgIpc) is 3.06. The molecule has 3 heterocycles. The molecule has 4 heteroatoms. The molecule has 2 aromatic rings. The zero-order chi connectivity index (χ0) is 22.1. The number of hydrogen-bond acceptors (Lipinski definition) is 3. The first-order valence-electron chi connectivity index (χ1n) is 12.4. The molecule has 0 spiro atoms. The van der Waals surface area contributed by atoms with Gasteiger partial charge in [0, 0.05) is 31.6 Å². The summed E-state index contributed by atoms with van der Waals surface area (Å²) in [7, 11) is 0. The molecule has 4 nitrogen and oxygen atoms in total. The Kier molecular flexibility index (Phi) is 6.09. The maximum absolute atomic E-state index is 13.9. The van der Waals surface area contributed by atoms with E-state index in [4.69, 9.17) is 0 Å². The van der Waals surface area contributed by atoms with Crippen molar-refractivity contribution in [2.75, 3.05) is 13.1 Å². The van der Waals surface area contributed by atoms with Crippen LogP contribution in [0.3, 0.4) is 0 Å². The Morgan fingerprint density at radius 1 is 1.09 bits per heavy atom. The highest BCUT2D eigenvalue weighted by atomic mass is 16.2. The molecule has 1 amide bonds. The molecule has 0 unspecified atom stereocenters. The number of carbonyl (C=O) groups excluding carboxylic acids is 1. The Morgan fingerprint density at radius 2 is 1.78 bits per heavy atom. The van der Waals surface area contributed by atoms with Gasteiger partial charge in [0.15, 0.2) is 0 Å². The van der Waals surface area contributed by atoms with Crippen molar-refractivity contribution in [3.8, 4) is 0 Å². The molecule has 32 heavy (non-hydrogen) atoms. The van der Waals surface area contributed by atoms with E-state index in [2.05, 4.69) is 71.8 Å². The van der Waals surface area contributed by atoms with Crippen LogP contribution in [-0.2, 0) is 17.9 Å². The molecule has 3 aliphatic heterocycles. The summed E-state index contributed by atoms with van der Waals surface area (Å²) in [5.41, 5.74) is 2.05. The Balaban J connectivity index is 1.42. The van der Waals surface area contributed by atoms with Gasteiger partial charge in [-0.2, -0.15) is 0 Å². The molecule has 2 N–H and O–H groups in total. The minimum absolute atomic E-state index is 0.208. The lowest BCUT2D eigenvalue weighted by molar-refractivity contribution is -0.138. The quantitative estimate of drug-likeness (QED) is 0.658. The predicted molar refractivity (Wildman–Crippen MR) is 129 cm³/mol. The van der Waals surface area contributed by atoms with Crippen molar-refractivity contribution in [2.24, 2.45) is 23.7 Å². The summed E-state index contributed by atoms with van der Waals surface area (Å²) in [5, 5.41) is 7.14. The second kappa shape index (κ2) is 8.99. The van der Waals surface area contributed by atoms with Gasteiger partial charge < -0.3 is 10.6 Å². The summed E-state index contributed by atoms with van der Waals surface area (Å²) in [6.45, 7) is 8.17. The minimum Gasteiger partial charge on any atom is -0.350 e. The Hall–Kier alpha value is -2.17. The van der Waals surface area contributed by atoms with Crippen LogP contribution in [0.1, 0.15) is 44.2 Å². The first-order chi connectivity index (χ1) is 15.6. The third-order valence-electron chi connectivity index (χ3n) is 8.19. The van der Waals surface area contributed by atoms with Gasteiger partial charge in [0.1, 0.15) is 5.54 Å².